The van der Waals surface area contributed by atoms with Crippen LogP contribution in [-0.4, -0.2) is 9.55 Å². The fraction of sp³-hybridized carbons (Fsp3) is 0.500. The summed E-state index contributed by atoms with van der Waals surface area (Å²) < 4.78 is 1.80. The second-order valence-corrected chi connectivity index (χ2v) is 6.28. The van der Waals surface area contributed by atoms with Crippen molar-refractivity contribution in [2.45, 2.75) is 38.6 Å². The van der Waals surface area contributed by atoms with E-state index in [-0.39, 0.29) is 10.9 Å². The summed E-state index contributed by atoms with van der Waals surface area (Å²) in [5.41, 5.74) is 0.787. The number of hydrogen-bond acceptors (Lipinski definition) is 2. The lowest BCUT2D eigenvalue weighted by atomic mass is 10.2. The Kier molecular flexibility index (Phi) is 3.55. The molecule has 2 aromatic rings. The van der Waals surface area contributed by atoms with Crippen molar-refractivity contribution in [3.8, 4) is 0 Å². The molecule has 106 valence electrons. The van der Waals surface area contributed by atoms with Gasteiger partial charge in [-0.3, -0.25) is 9.36 Å². The number of halogens is 1. The Morgan fingerprint density at radius 2 is 2.15 bits per heavy atom. The summed E-state index contributed by atoms with van der Waals surface area (Å²) in [6, 6.07) is 7.51. The number of aromatic nitrogens is 2. The highest BCUT2D eigenvalue weighted by Crippen LogP contribution is 2.39. The number of fused-ring (bicyclic) bond motifs is 1. The summed E-state index contributed by atoms with van der Waals surface area (Å²) >= 11 is 6.39. The second kappa shape index (κ2) is 5.21. The number of hydrogen-bond donors (Lipinski definition) is 0. The zero-order valence-electron chi connectivity index (χ0n) is 11.8. The third kappa shape index (κ3) is 2.35. The molecule has 0 aliphatic heterocycles. The molecule has 0 spiro atoms. The summed E-state index contributed by atoms with van der Waals surface area (Å²) in [4.78, 5) is 17.3. The highest BCUT2D eigenvalue weighted by molar-refractivity contribution is 6.20. The van der Waals surface area contributed by atoms with E-state index in [0.717, 1.165) is 24.3 Å². The summed E-state index contributed by atoms with van der Waals surface area (Å²) in [6.45, 7) is 4.99. The lowest BCUT2D eigenvalue weighted by Crippen LogP contribution is -2.27. The first-order valence-electron chi connectivity index (χ1n) is 7.25. The molecule has 3 nitrogen and oxygen atoms in total. The van der Waals surface area contributed by atoms with Gasteiger partial charge in [-0.2, -0.15) is 0 Å². The van der Waals surface area contributed by atoms with Crippen molar-refractivity contribution in [2.24, 2.45) is 11.8 Å². The summed E-state index contributed by atoms with van der Waals surface area (Å²) in [5, 5.41) is 0.478. The van der Waals surface area contributed by atoms with Crippen molar-refractivity contribution < 1.29 is 0 Å². The Hall–Kier alpha value is -1.35. The van der Waals surface area contributed by atoms with Crippen LogP contribution in [-0.2, 0) is 6.54 Å². The SMILES string of the molecule is CCC(Cl)c1nc2ccccc2c(=O)n1CC1CC1C. The first-order valence-corrected chi connectivity index (χ1v) is 7.69. The first-order chi connectivity index (χ1) is 9.61. The predicted octanol–water partition coefficient (Wildman–Crippen LogP) is 3.74. The van der Waals surface area contributed by atoms with Crippen molar-refractivity contribution in [1.29, 1.82) is 0 Å². The van der Waals surface area contributed by atoms with Crippen LogP contribution in [0.25, 0.3) is 10.9 Å². The van der Waals surface area contributed by atoms with Crippen LogP contribution in [0.3, 0.4) is 0 Å². The lowest BCUT2D eigenvalue weighted by Gasteiger charge is -2.16. The smallest absolute Gasteiger partial charge is 0.261 e. The molecule has 1 heterocycles. The second-order valence-electron chi connectivity index (χ2n) is 5.75. The Morgan fingerprint density at radius 1 is 1.45 bits per heavy atom. The fourth-order valence-electron chi connectivity index (χ4n) is 2.67. The topological polar surface area (TPSA) is 34.9 Å². The fourth-order valence-corrected chi connectivity index (χ4v) is 2.84. The van der Waals surface area contributed by atoms with E-state index in [1.165, 1.54) is 6.42 Å². The van der Waals surface area contributed by atoms with E-state index in [9.17, 15) is 4.79 Å². The molecule has 3 rings (SSSR count). The molecule has 20 heavy (non-hydrogen) atoms. The van der Waals surface area contributed by atoms with Crippen LogP contribution >= 0.6 is 11.6 Å². The average molecular weight is 291 g/mol. The van der Waals surface area contributed by atoms with Gasteiger partial charge in [-0.05, 0) is 36.8 Å². The van der Waals surface area contributed by atoms with Crippen LogP contribution in [0, 0.1) is 11.8 Å². The highest BCUT2D eigenvalue weighted by atomic mass is 35.5. The minimum absolute atomic E-state index is 0.0452. The first kappa shape index (κ1) is 13.6. The van der Waals surface area contributed by atoms with Crippen LogP contribution in [0.2, 0.25) is 0 Å². The van der Waals surface area contributed by atoms with Crippen molar-refractivity contribution in [2.75, 3.05) is 0 Å². The third-order valence-corrected chi connectivity index (χ3v) is 4.73. The average Bonchev–Trinajstić information content (AvgIpc) is 3.16. The van der Waals surface area contributed by atoms with E-state index < -0.39 is 0 Å². The molecule has 0 radical (unpaired) electrons. The van der Waals surface area contributed by atoms with Crippen LogP contribution in [0.4, 0.5) is 0 Å². The van der Waals surface area contributed by atoms with Gasteiger partial charge in [-0.15, -0.1) is 11.6 Å². The molecule has 0 N–H and O–H groups in total. The summed E-state index contributed by atoms with van der Waals surface area (Å²) in [6.07, 6.45) is 1.96. The van der Waals surface area contributed by atoms with Crippen molar-refractivity contribution in [1.82, 2.24) is 9.55 Å². The van der Waals surface area contributed by atoms with Gasteiger partial charge in [-0.1, -0.05) is 26.0 Å². The lowest BCUT2D eigenvalue weighted by molar-refractivity contribution is 0.539. The Labute approximate surface area is 123 Å². The number of alkyl halides is 1. The molecule has 1 saturated carbocycles. The van der Waals surface area contributed by atoms with Gasteiger partial charge in [0.2, 0.25) is 0 Å². The van der Waals surface area contributed by atoms with Gasteiger partial charge in [0.05, 0.1) is 16.3 Å². The maximum absolute atomic E-state index is 12.7. The van der Waals surface area contributed by atoms with E-state index in [1.54, 1.807) is 4.57 Å². The molecular formula is C16H19ClN2O. The predicted molar refractivity (Wildman–Crippen MR) is 82.2 cm³/mol. The van der Waals surface area contributed by atoms with Gasteiger partial charge >= 0.3 is 0 Å². The van der Waals surface area contributed by atoms with Gasteiger partial charge in [0, 0.05) is 6.54 Å². The number of para-hydroxylation sites is 1. The maximum Gasteiger partial charge on any atom is 0.261 e. The molecule has 1 aromatic heterocycles. The van der Waals surface area contributed by atoms with E-state index in [1.807, 2.05) is 31.2 Å². The molecular weight excluding hydrogens is 272 g/mol. The monoisotopic (exact) mass is 290 g/mol. The molecule has 3 unspecified atom stereocenters. The summed E-state index contributed by atoms with van der Waals surface area (Å²) in [5.74, 6) is 2.02. The number of nitrogens with zero attached hydrogens (tertiary/aromatic N) is 2. The molecule has 0 saturated heterocycles. The Balaban J connectivity index is 2.17. The number of benzene rings is 1. The minimum atomic E-state index is -0.207. The molecule has 0 bridgehead atoms. The van der Waals surface area contributed by atoms with E-state index in [2.05, 4.69) is 11.9 Å². The van der Waals surface area contributed by atoms with Crippen LogP contribution < -0.4 is 5.56 Å². The van der Waals surface area contributed by atoms with E-state index >= 15 is 0 Å². The van der Waals surface area contributed by atoms with Crippen molar-refractivity contribution in [3.05, 3.63) is 40.4 Å². The molecule has 3 atom stereocenters. The molecule has 1 fully saturated rings. The maximum atomic E-state index is 12.7. The molecule has 1 aromatic carbocycles. The summed E-state index contributed by atoms with van der Waals surface area (Å²) in [7, 11) is 0. The molecule has 4 heteroatoms. The molecule has 0 amide bonds. The third-order valence-electron chi connectivity index (χ3n) is 4.22. The van der Waals surface area contributed by atoms with Gasteiger partial charge in [0.25, 0.3) is 5.56 Å². The quantitative estimate of drug-likeness (QED) is 0.804. The van der Waals surface area contributed by atoms with Crippen molar-refractivity contribution in [3.63, 3.8) is 0 Å². The zero-order valence-corrected chi connectivity index (χ0v) is 12.6. The largest absolute Gasteiger partial charge is 0.295 e. The number of rotatable bonds is 4. The van der Waals surface area contributed by atoms with Gasteiger partial charge in [0.1, 0.15) is 5.82 Å². The van der Waals surface area contributed by atoms with Gasteiger partial charge < -0.3 is 0 Å². The molecule has 1 aliphatic carbocycles. The Bertz CT molecular complexity index is 694. The van der Waals surface area contributed by atoms with Crippen LogP contribution in [0.15, 0.2) is 29.1 Å². The standard InChI is InChI=1S/C16H19ClN2O/c1-3-13(17)15-18-14-7-5-4-6-12(14)16(20)19(15)9-11-8-10(11)2/h4-7,10-11,13H,3,8-9H2,1-2H3. The van der Waals surface area contributed by atoms with Gasteiger partial charge in [0.15, 0.2) is 0 Å². The normalized spacial score (nSPS) is 22.9. The highest BCUT2D eigenvalue weighted by Gasteiger charge is 2.34. The van der Waals surface area contributed by atoms with E-state index in [0.29, 0.717) is 17.2 Å². The van der Waals surface area contributed by atoms with Crippen LogP contribution in [0.5, 0.6) is 0 Å². The minimum Gasteiger partial charge on any atom is -0.295 e. The van der Waals surface area contributed by atoms with E-state index in [4.69, 9.17) is 11.6 Å². The van der Waals surface area contributed by atoms with Crippen LogP contribution in [0.1, 0.15) is 37.9 Å². The Morgan fingerprint density at radius 3 is 2.80 bits per heavy atom. The van der Waals surface area contributed by atoms with Gasteiger partial charge in [-0.25, -0.2) is 4.98 Å². The molecule has 1 aliphatic rings. The zero-order chi connectivity index (χ0) is 14.3. The van der Waals surface area contributed by atoms with Crippen molar-refractivity contribution >= 4 is 22.5 Å².